The van der Waals surface area contributed by atoms with Crippen molar-refractivity contribution >= 4 is 65.4 Å². The lowest BCUT2D eigenvalue weighted by Gasteiger charge is -2.10. The molecule has 5 heteroatoms. The summed E-state index contributed by atoms with van der Waals surface area (Å²) in [5.74, 6) is 0.870. The standard InChI is InChI=1S/C48H29N5/c49-29-31-18-22-35(23-19-31)52-43-16-8-5-14-38(43)41-28-48(50-30-47(41)52)53-44-17-9-6-13-37(44)40-27-33(21-25-46(40)53)32-20-24-45-39(26-32)36-12-4-7-15-42(36)51(45)34-10-2-1-3-11-34/h1-28,30H. The number of rotatable bonds is 4. The number of hydrogen-bond donors (Lipinski definition) is 0. The molecule has 0 aliphatic carbocycles. The molecular weight excluding hydrogens is 647 g/mol. The van der Waals surface area contributed by atoms with Crippen molar-refractivity contribution in [3.05, 3.63) is 182 Å². The van der Waals surface area contributed by atoms with Crippen molar-refractivity contribution in [2.45, 2.75) is 0 Å². The minimum Gasteiger partial charge on any atom is -0.309 e. The van der Waals surface area contributed by atoms with Crippen molar-refractivity contribution in [1.29, 1.82) is 5.26 Å². The first-order valence-corrected chi connectivity index (χ1v) is 17.8. The molecule has 0 fully saturated rings. The maximum absolute atomic E-state index is 9.39. The quantitative estimate of drug-likeness (QED) is 0.186. The third-order valence-electron chi connectivity index (χ3n) is 10.7. The van der Waals surface area contributed by atoms with E-state index in [4.69, 9.17) is 4.98 Å². The fourth-order valence-corrected chi connectivity index (χ4v) is 8.35. The molecule has 7 aromatic carbocycles. The van der Waals surface area contributed by atoms with Gasteiger partial charge in [-0.1, -0.05) is 84.9 Å². The van der Waals surface area contributed by atoms with Crippen molar-refractivity contribution in [3.63, 3.8) is 0 Å². The van der Waals surface area contributed by atoms with Crippen LogP contribution in [0.15, 0.2) is 176 Å². The Morgan fingerprint density at radius 2 is 0.830 bits per heavy atom. The van der Waals surface area contributed by atoms with Gasteiger partial charge >= 0.3 is 0 Å². The van der Waals surface area contributed by atoms with Crippen LogP contribution in [0.4, 0.5) is 0 Å². The lowest BCUT2D eigenvalue weighted by Crippen LogP contribution is -1.98. The Bertz CT molecular complexity index is 3280. The summed E-state index contributed by atoms with van der Waals surface area (Å²) in [6, 6.07) is 62.2. The molecule has 4 heterocycles. The van der Waals surface area contributed by atoms with Gasteiger partial charge in [-0.25, -0.2) is 4.98 Å². The zero-order chi connectivity index (χ0) is 35.0. The summed E-state index contributed by atoms with van der Waals surface area (Å²) < 4.78 is 6.88. The third-order valence-corrected chi connectivity index (χ3v) is 10.7. The molecular formula is C48H29N5. The second-order valence-electron chi connectivity index (χ2n) is 13.6. The van der Waals surface area contributed by atoms with E-state index in [1.54, 1.807) is 0 Å². The van der Waals surface area contributed by atoms with Crippen molar-refractivity contribution in [2.24, 2.45) is 0 Å². The highest BCUT2D eigenvalue weighted by Crippen LogP contribution is 2.39. The Morgan fingerprint density at radius 3 is 1.42 bits per heavy atom. The number of pyridine rings is 1. The molecule has 4 aromatic heterocycles. The molecule has 0 saturated carbocycles. The number of nitriles is 1. The van der Waals surface area contributed by atoms with E-state index in [2.05, 4.69) is 165 Å². The number of nitrogens with zero attached hydrogens (tertiary/aromatic N) is 5. The molecule has 0 saturated heterocycles. The van der Waals surface area contributed by atoms with Gasteiger partial charge in [-0.15, -0.1) is 0 Å². The third kappa shape index (κ3) is 4.33. The largest absolute Gasteiger partial charge is 0.309 e. The number of para-hydroxylation sites is 4. The molecule has 0 aliphatic heterocycles. The zero-order valence-corrected chi connectivity index (χ0v) is 28.5. The van der Waals surface area contributed by atoms with Gasteiger partial charge in [0.2, 0.25) is 0 Å². The van der Waals surface area contributed by atoms with Gasteiger partial charge in [0.25, 0.3) is 0 Å². The molecule has 0 amide bonds. The summed E-state index contributed by atoms with van der Waals surface area (Å²) in [7, 11) is 0. The van der Waals surface area contributed by atoms with Crippen LogP contribution in [0.2, 0.25) is 0 Å². The summed E-state index contributed by atoms with van der Waals surface area (Å²) in [6.45, 7) is 0. The second-order valence-corrected chi connectivity index (χ2v) is 13.6. The van der Waals surface area contributed by atoms with Crippen molar-refractivity contribution in [2.75, 3.05) is 0 Å². The number of aromatic nitrogens is 4. The highest BCUT2D eigenvalue weighted by molar-refractivity contribution is 6.14. The minimum atomic E-state index is 0.639. The van der Waals surface area contributed by atoms with Gasteiger partial charge in [0.1, 0.15) is 5.82 Å². The van der Waals surface area contributed by atoms with Gasteiger partial charge < -0.3 is 9.13 Å². The van der Waals surface area contributed by atoms with Crippen LogP contribution in [-0.2, 0) is 0 Å². The van der Waals surface area contributed by atoms with Crippen LogP contribution in [0.3, 0.4) is 0 Å². The molecule has 0 bridgehead atoms. The first-order chi connectivity index (χ1) is 26.2. The molecule has 0 atom stereocenters. The smallest absolute Gasteiger partial charge is 0.138 e. The molecule has 0 spiro atoms. The number of hydrogen-bond acceptors (Lipinski definition) is 2. The summed E-state index contributed by atoms with van der Waals surface area (Å²) in [4.78, 5) is 5.12. The van der Waals surface area contributed by atoms with Crippen molar-refractivity contribution in [1.82, 2.24) is 18.7 Å². The van der Waals surface area contributed by atoms with Crippen LogP contribution in [0.25, 0.3) is 93.7 Å². The van der Waals surface area contributed by atoms with Crippen LogP contribution in [0.1, 0.15) is 5.56 Å². The van der Waals surface area contributed by atoms with E-state index in [1.165, 1.54) is 43.7 Å². The van der Waals surface area contributed by atoms with Gasteiger partial charge in [-0.05, 0) is 96.1 Å². The Balaban J connectivity index is 1.09. The predicted molar refractivity (Wildman–Crippen MR) is 217 cm³/mol. The highest BCUT2D eigenvalue weighted by Gasteiger charge is 2.19. The predicted octanol–water partition coefficient (Wildman–Crippen LogP) is 11.9. The molecule has 5 nitrogen and oxygen atoms in total. The van der Waals surface area contributed by atoms with Crippen LogP contribution in [-0.4, -0.2) is 18.7 Å². The lowest BCUT2D eigenvalue weighted by atomic mass is 10.0. The molecule has 0 N–H and O–H groups in total. The number of benzene rings is 7. The monoisotopic (exact) mass is 675 g/mol. The summed E-state index contributed by atoms with van der Waals surface area (Å²) in [5.41, 5.74) is 11.9. The first kappa shape index (κ1) is 29.3. The molecule has 0 radical (unpaired) electrons. The lowest BCUT2D eigenvalue weighted by molar-refractivity contribution is 1.08. The van der Waals surface area contributed by atoms with Crippen molar-refractivity contribution < 1.29 is 0 Å². The van der Waals surface area contributed by atoms with Gasteiger partial charge in [0.15, 0.2) is 0 Å². The first-order valence-electron chi connectivity index (χ1n) is 17.8. The topological polar surface area (TPSA) is 51.5 Å². The van der Waals surface area contributed by atoms with E-state index in [-0.39, 0.29) is 0 Å². The molecule has 11 rings (SSSR count). The van der Waals surface area contributed by atoms with Gasteiger partial charge in [0, 0.05) is 43.7 Å². The van der Waals surface area contributed by atoms with E-state index >= 15 is 0 Å². The fraction of sp³-hybridized carbons (Fsp3) is 0. The van der Waals surface area contributed by atoms with E-state index in [9.17, 15) is 5.26 Å². The fourth-order valence-electron chi connectivity index (χ4n) is 8.35. The SMILES string of the molecule is N#Cc1ccc(-n2c3ccccc3c3cc(-n4c5ccccc5c5cc(-c6ccc7c(c6)c6ccccc6n7-c6ccccc6)ccc54)ncc32)cc1. The van der Waals surface area contributed by atoms with Crippen LogP contribution in [0, 0.1) is 11.3 Å². The molecule has 0 aliphatic rings. The summed E-state index contributed by atoms with van der Waals surface area (Å²) in [6.07, 6.45) is 1.99. The Kier molecular flexibility index (Phi) is 6.25. The van der Waals surface area contributed by atoms with Gasteiger partial charge in [-0.3, -0.25) is 4.57 Å². The number of fused-ring (bicyclic) bond motifs is 9. The minimum absolute atomic E-state index is 0.639. The van der Waals surface area contributed by atoms with E-state index in [1.807, 2.05) is 30.5 Å². The van der Waals surface area contributed by atoms with Gasteiger partial charge in [-0.2, -0.15) is 5.26 Å². The van der Waals surface area contributed by atoms with Crippen LogP contribution in [0.5, 0.6) is 0 Å². The Hall–Kier alpha value is -7.42. The normalized spacial score (nSPS) is 11.8. The Labute approximate surface area is 304 Å². The van der Waals surface area contributed by atoms with E-state index < -0.39 is 0 Å². The average molecular weight is 676 g/mol. The average Bonchev–Trinajstić information content (AvgIpc) is 3.86. The molecule has 246 valence electrons. The Morgan fingerprint density at radius 1 is 0.377 bits per heavy atom. The van der Waals surface area contributed by atoms with E-state index in [0.717, 1.165) is 50.0 Å². The molecule has 0 unspecified atom stereocenters. The van der Waals surface area contributed by atoms with Crippen molar-refractivity contribution in [3.8, 4) is 34.4 Å². The van der Waals surface area contributed by atoms with Crippen LogP contribution < -0.4 is 0 Å². The maximum Gasteiger partial charge on any atom is 0.138 e. The second kappa shape index (κ2) is 11.3. The zero-order valence-electron chi connectivity index (χ0n) is 28.5. The molecule has 11 aromatic rings. The maximum atomic E-state index is 9.39. The highest BCUT2D eigenvalue weighted by atomic mass is 15.1. The van der Waals surface area contributed by atoms with E-state index in [0.29, 0.717) is 5.56 Å². The summed E-state index contributed by atoms with van der Waals surface area (Å²) >= 11 is 0. The van der Waals surface area contributed by atoms with Gasteiger partial charge in [0.05, 0.1) is 50.9 Å². The van der Waals surface area contributed by atoms with Crippen LogP contribution >= 0.6 is 0 Å². The summed E-state index contributed by atoms with van der Waals surface area (Å²) in [5, 5.41) is 16.5. The molecule has 53 heavy (non-hydrogen) atoms.